The molecule has 7 nitrogen and oxygen atoms in total. The van der Waals surface area contributed by atoms with Crippen molar-refractivity contribution in [3.05, 3.63) is 46.2 Å². The van der Waals surface area contributed by atoms with E-state index in [1.54, 1.807) is 24.4 Å². The monoisotopic (exact) mass is 446 g/mol. The number of carbonyl (C=O) groups is 1. The van der Waals surface area contributed by atoms with Crippen molar-refractivity contribution in [1.82, 2.24) is 20.1 Å². The highest BCUT2D eigenvalue weighted by molar-refractivity contribution is 6.35. The molecule has 1 unspecified atom stereocenters. The van der Waals surface area contributed by atoms with Crippen LogP contribution in [0.5, 0.6) is 0 Å². The number of likely N-dealkylation sites (tertiary alicyclic amines) is 1. The number of H-pyrrole nitrogens is 1. The number of pyridine rings is 1. The first-order chi connectivity index (χ1) is 14.5. The summed E-state index contributed by atoms with van der Waals surface area (Å²) in [6, 6.07) is 5.35. The molecular weight excluding hydrogens is 423 g/mol. The van der Waals surface area contributed by atoms with Crippen molar-refractivity contribution in [3.8, 4) is 0 Å². The van der Waals surface area contributed by atoms with Gasteiger partial charge in [-0.2, -0.15) is 5.10 Å². The Morgan fingerprint density at radius 3 is 2.83 bits per heavy atom. The molecule has 2 aromatic heterocycles. The molecule has 30 heavy (non-hydrogen) atoms. The number of hydrogen-bond acceptors (Lipinski definition) is 5. The van der Waals surface area contributed by atoms with Crippen LogP contribution >= 0.6 is 23.2 Å². The van der Waals surface area contributed by atoms with Gasteiger partial charge in [-0.1, -0.05) is 30.1 Å². The van der Waals surface area contributed by atoms with Crippen LogP contribution in [0, 0.1) is 0 Å². The van der Waals surface area contributed by atoms with Gasteiger partial charge < -0.3 is 15.5 Å². The summed E-state index contributed by atoms with van der Waals surface area (Å²) in [5, 5.41) is 15.9. The molecule has 1 aromatic carbocycles. The number of aryl methyl sites for hydroxylation is 1. The van der Waals surface area contributed by atoms with Gasteiger partial charge in [0.25, 0.3) is 0 Å². The fraction of sp³-hybridized carbons (Fsp3) is 0.381. The third-order valence-corrected chi connectivity index (χ3v) is 5.81. The SMILES string of the molecule is CCc1cnc2[nH]ncc2c1NC1CCCN(C(=O)CNc2cc(Cl)cc(Cl)c2)C1. The maximum Gasteiger partial charge on any atom is 0.241 e. The maximum absolute atomic E-state index is 12.8. The second-order valence-corrected chi connectivity index (χ2v) is 8.35. The Morgan fingerprint density at radius 1 is 1.27 bits per heavy atom. The average Bonchev–Trinajstić information content (AvgIpc) is 3.21. The number of rotatable bonds is 6. The highest BCUT2D eigenvalue weighted by Crippen LogP contribution is 2.27. The van der Waals surface area contributed by atoms with Gasteiger partial charge >= 0.3 is 0 Å². The van der Waals surface area contributed by atoms with Gasteiger partial charge in [0.1, 0.15) is 0 Å². The van der Waals surface area contributed by atoms with E-state index in [9.17, 15) is 4.79 Å². The second-order valence-electron chi connectivity index (χ2n) is 7.48. The van der Waals surface area contributed by atoms with E-state index in [1.807, 2.05) is 11.1 Å². The lowest BCUT2D eigenvalue weighted by Crippen LogP contribution is -2.47. The molecule has 1 amide bonds. The number of benzene rings is 1. The van der Waals surface area contributed by atoms with Crippen molar-refractivity contribution in [3.63, 3.8) is 0 Å². The Kier molecular flexibility index (Phi) is 6.29. The molecule has 3 heterocycles. The van der Waals surface area contributed by atoms with Gasteiger partial charge in [0, 0.05) is 41.1 Å². The number of carbonyl (C=O) groups excluding carboxylic acids is 1. The van der Waals surface area contributed by atoms with Crippen molar-refractivity contribution in [2.75, 3.05) is 30.3 Å². The maximum atomic E-state index is 12.8. The molecule has 3 N–H and O–H groups in total. The zero-order chi connectivity index (χ0) is 21.1. The van der Waals surface area contributed by atoms with Crippen molar-refractivity contribution in [1.29, 1.82) is 0 Å². The topological polar surface area (TPSA) is 85.9 Å². The van der Waals surface area contributed by atoms with Crippen LogP contribution in [0.4, 0.5) is 11.4 Å². The van der Waals surface area contributed by atoms with Gasteiger partial charge in [-0.3, -0.25) is 9.89 Å². The molecule has 9 heteroatoms. The number of amides is 1. The fourth-order valence-electron chi connectivity index (χ4n) is 3.85. The van der Waals surface area contributed by atoms with Crippen LogP contribution in [0.15, 0.2) is 30.6 Å². The minimum atomic E-state index is 0.0523. The summed E-state index contributed by atoms with van der Waals surface area (Å²) < 4.78 is 0. The number of anilines is 2. The number of aromatic amines is 1. The quantitative estimate of drug-likeness (QED) is 0.524. The van der Waals surface area contributed by atoms with Crippen LogP contribution in [-0.2, 0) is 11.2 Å². The number of halogens is 2. The van der Waals surface area contributed by atoms with E-state index in [-0.39, 0.29) is 18.5 Å². The molecule has 0 radical (unpaired) electrons. The zero-order valence-corrected chi connectivity index (χ0v) is 18.2. The number of piperidine rings is 1. The molecule has 1 aliphatic rings. The van der Waals surface area contributed by atoms with Crippen LogP contribution < -0.4 is 10.6 Å². The van der Waals surface area contributed by atoms with E-state index in [1.165, 1.54) is 0 Å². The molecular formula is C21H24Cl2N6O. The number of nitrogens with one attached hydrogen (secondary N) is 3. The Hall–Kier alpha value is -2.51. The van der Waals surface area contributed by atoms with E-state index < -0.39 is 0 Å². The van der Waals surface area contributed by atoms with Gasteiger partial charge in [-0.15, -0.1) is 0 Å². The zero-order valence-electron chi connectivity index (χ0n) is 16.7. The lowest BCUT2D eigenvalue weighted by Gasteiger charge is -2.34. The van der Waals surface area contributed by atoms with E-state index in [4.69, 9.17) is 23.2 Å². The lowest BCUT2D eigenvalue weighted by atomic mass is 10.0. The Morgan fingerprint density at radius 2 is 2.07 bits per heavy atom. The summed E-state index contributed by atoms with van der Waals surface area (Å²) in [4.78, 5) is 19.1. The van der Waals surface area contributed by atoms with E-state index in [0.717, 1.165) is 53.8 Å². The Bertz CT molecular complexity index is 1030. The predicted molar refractivity (Wildman–Crippen MR) is 121 cm³/mol. The standard InChI is InChI=1S/C21H24Cl2N6O/c1-2-13-9-25-21-18(10-26-28-21)20(13)27-16-4-3-5-29(12-16)19(30)11-24-17-7-14(22)6-15(23)8-17/h6-10,16,24H,2-5,11-12H2,1H3,(H2,25,26,27,28). The van der Waals surface area contributed by atoms with Crippen molar-refractivity contribution < 1.29 is 4.79 Å². The lowest BCUT2D eigenvalue weighted by molar-refractivity contribution is -0.130. The Balaban J connectivity index is 1.41. The smallest absolute Gasteiger partial charge is 0.241 e. The summed E-state index contributed by atoms with van der Waals surface area (Å²) in [7, 11) is 0. The first-order valence-electron chi connectivity index (χ1n) is 10.1. The van der Waals surface area contributed by atoms with Crippen LogP contribution in [-0.4, -0.2) is 51.7 Å². The molecule has 0 saturated carbocycles. The third-order valence-electron chi connectivity index (χ3n) is 5.37. The minimum absolute atomic E-state index is 0.0523. The van der Waals surface area contributed by atoms with Gasteiger partial charge in [-0.05, 0) is 43.0 Å². The number of nitrogens with zero attached hydrogens (tertiary/aromatic N) is 3. The first kappa shape index (κ1) is 20.8. The molecule has 0 bridgehead atoms. The highest BCUT2D eigenvalue weighted by Gasteiger charge is 2.24. The first-order valence-corrected chi connectivity index (χ1v) is 10.8. The molecule has 1 fully saturated rings. The normalized spacial score (nSPS) is 16.6. The number of fused-ring (bicyclic) bond motifs is 1. The predicted octanol–water partition coefficient (Wildman–Crippen LogP) is 4.34. The fourth-order valence-corrected chi connectivity index (χ4v) is 4.38. The third kappa shape index (κ3) is 4.63. The summed E-state index contributed by atoms with van der Waals surface area (Å²) >= 11 is 12.1. The number of aromatic nitrogens is 3. The molecule has 1 aliphatic heterocycles. The van der Waals surface area contributed by atoms with E-state index >= 15 is 0 Å². The molecule has 158 valence electrons. The Labute approximate surface area is 185 Å². The van der Waals surface area contributed by atoms with Crippen molar-refractivity contribution >= 4 is 51.5 Å². The van der Waals surface area contributed by atoms with Gasteiger partial charge in [0.05, 0.1) is 23.8 Å². The number of hydrogen-bond donors (Lipinski definition) is 3. The largest absolute Gasteiger partial charge is 0.380 e. The second kappa shape index (κ2) is 9.10. The van der Waals surface area contributed by atoms with E-state index in [2.05, 4.69) is 32.7 Å². The van der Waals surface area contributed by atoms with Crippen LogP contribution in [0.2, 0.25) is 10.0 Å². The van der Waals surface area contributed by atoms with Crippen LogP contribution in [0.1, 0.15) is 25.3 Å². The van der Waals surface area contributed by atoms with Crippen molar-refractivity contribution in [2.45, 2.75) is 32.2 Å². The summed E-state index contributed by atoms with van der Waals surface area (Å²) in [6.07, 6.45) is 6.52. The van der Waals surface area contributed by atoms with Crippen LogP contribution in [0.25, 0.3) is 11.0 Å². The highest BCUT2D eigenvalue weighted by atomic mass is 35.5. The molecule has 0 spiro atoms. The molecule has 1 atom stereocenters. The summed E-state index contributed by atoms with van der Waals surface area (Å²) in [6.45, 7) is 3.72. The molecule has 4 rings (SSSR count). The minimum Gasteiger partial charge on any atom is -0.380 e. The molecule has 1 saturated heterocycles. The molecule has 3 aromatic rings. The van der Waals surface area contributed by atoms with Gasteiger partial charge in [0.15, 0.2) is 5.65 Å². The van der Waals surface area contributed by atoms with Crippen LogP contribution in [0.3, 0.4) is 0 Å². The molecule has 0 aliphatic carbocycles. The van der Waals surface area contributed by atoms with Gasteiger partial charge in [-0.25, -0.2) is 4.98 Å². The summed E-state index contributed by atoms with van der Waals surface area (Å²) in [5.41, 5.74) is 3.70. The van der Waals surface area contributed by atoms with Gasteiger partial charge in [0.2, 0.25) is 5.91 Å². The van der Waals surface area contributed by atoms with Crippen molar-refractivity contribution in [2.24, 2.45) is 0 Å². The summed E-state index contributed by atoms with van der Waals surface area (Å²) in [5.74, 6) is 0.0523. The van der Waals surface area contributed by atoms with E-state index in [0.29, 0.717) is 16.6 Å². The average molecular weight is 447 g/mol.